The van der Waals surface area contributed by atoms with Crippen LogP contribution in [0.15, 0.2) is 50.2 Å². The lowest BCUT2D eigenvalue weighted by Crippen LogP contribution is -2.35. The van der Waals surface area contributed by atoms with Gasteiger partial charge in [-0.1, -0.05) is 24.6 Å². The Bertz CT molecular complexity index is 1450. The van der Waals surface area contributed by atoms with Crippen LogP contribution in [0.5, 0.6) is 5.75 Å². The van der Waals surface area contributed by atoms with Gasteiger partial charge in [-0.15, -0.1) is 11.3 Å². The van der Waals surface area contributed by atoms with Crippen LogP contribution in [-0.2, 0) is 6.54 Å². The smallest absolute Gasteiger partial charge is 0.329 e. The molecule has 3 aromatic heterocycles. The fourth-order valence-electron chi connectivity index (χ4n) is 3.31. The van der Waals surface area contributed by atoms with E-state index in [1.165, 1.54) is 23.6 Å². The highest BCUT2D eigenvalue weighted by molar-refractivity contribution is 7.17. The van der Waals surface area contributed by atoms with Gasteiger partial charge in [0.15, 0.2) is 5.75 Å². The second kappa shape index (κ2) is 8.56. The Morgan fingerprint density at radius 2 is 2.00 bits per heavy atom. The number of aromatic amines is 2. The molecular formula is C22H20ClN3O4S. The zero-order valence-electron chi connectivity index (χ0n) is 17.0. The minimum Gasteiger partial charge on any atom is -0.488 e. The van der Waals surface area contributed by atoms with Crippen molar-refractivity contribution in [1.82, 2.24) is 14.5 Å². The maximum atomic E-state index is 13.3. The number of H-pyrrole nitrogens is 2. The number of aryl methyl sites for hydroxylation is 1. The van der Waals surface area contributed by atoms with Crippen LogP contribution in [0.4, 0.5) is 0 Å². The Hall–Kier alpha value is -3.10. The third-order valence-electron chi connectivity index (χ3n) is 4.91. The van der Waals surface area contributed by atoms with E-state index in [1.807, 2.05) is 31.4 Å². The number of nitrogens with one attached hydrogen (secondary N) is 2. The molecule has 1 aromatic carbocycles. The molecule has 160 valence electrons. The molecule has 0 amide bonds. The molecule has 4 rings (SSSR count). The molecule has 0 aliphatic carbocycles. The lowest BCUT2D eigenvalue weighted by atomic mass is 10.0. The Morgan fingerprint density at radius 1 is 1.19 bits per heavy atom. The predicted octanol–water partition coefficient (Wildman–Crippen LogP) is 3.91. The minimum atomic E-state index is -0.537. The Kier molecular flexibility index (Phi) is 5.84. The number of ether oxygens (including phenoxy) is 1. The minimum absolute atomic E-state index is 0.0671. The van der Waals surface area contributed by atoms with E-state index < -0.39 is 11.2 Å². The first-order chi connectivity index (χ1) is 14.9. The van der Waals surface area contributed by atoms with E-state index in [4.69, 9.17) is 16.3 Å². The summed E-state index contributed by atoms with van der Waals surface area (Å²) in [4.78, 5) is 44.3. The van der Waals surface area contributed by atoms with Crippen LogP contribution in [0.2, 0.25) is 5.02 Å². The number of rotatable bonds is 6. The number of hydrogen-bond acceptors (Lipinski definition) is 5. The molecule has 7 nitrogen and oxygen atoms in total. The van der Waals surface area contributed by atoms with Crippen molar-refractivity contribution in [2.45, 2.75) is 26.8 Å². The normalized spacial score (nSPS) is 11.2. The molecule has 31 heavy (non-hydrogen) atoms. The molecule has 0 radical (unpaired) electrons. The molecule has 0 aliphatic heterocycles. The van der Waals surface area contributed by atoms with Gasteiger partial charge in [-0.05, 0) is 36.6 Å². The molecule has 0 aliphatic rings. The first-order valence-electron chi connectivity index (χ1n) is 9.74. The Labute approximate surface area is 185 Å². The topological polar surface area (TPSA) is 96.9 Å². The lowest BCUT2D eigenvalue weighted by Gasteiger charge is -2.08. The largest absolute Gasteiger partial charge is 0.488 e. The van der Waals surface area contributed by atoms with Gasteiger partial charge >= 0.3 is 5.69 Å². The number of hydrogen-bond donors (Lipinski definition) is 2. The van der Waals surface area contributed by atoms with Crippen molar-refractivity contribution >= 4 is 33.2 Å². The average Bonchev–Trinajstić information content (AvgIpc) is 3.16. The molecule has 0 unspecified atom stereocenters. The summed E-state index contributed by atoms with van der Waals surface area (Å²) in [6, 6.07) is 6.88. The summed E-state index contributed by atoms with van der Waals surface area (Å²) >= 11 is 7.43. The fourth-order valence-corrected chi connectivity index (χ4v) is 4.38. The van der Waals surface area contributed by atoms with E-state index in [-0.39, 0.29) is 17.7 Å². The first-order valence-corrected chi connectivity index (χ1v) is 11.0. The van der Waals surface area contributed by atoms with Gasteiger partial charge in [0, 0.05) is 33.9 Å². The maximum absolute atomic E-state index is 13.3. The Morgan fingerprint density at radius 3 is 2.71 bits per heavy atom. The third-order valence-corrected chi connectivity index (χ3v) is 6.23. The number of nitrogens with zero attached hydrogens (tertiary/aromatic N) is 1. The monoisotopic (exact) mass is 457 g/mol. The van der Waals surface area contributed by atoms with Crippen LogP contribution >= 0.6 is 22.9 Å². The molecule has 0 fully saturated rings. The zero-order valence-corrected chi connectivity index (χ0v) is 18.5. The van der Waals surface area contributed by atoms with Crippen molar-refractivity contribution in [2.75, 3.05) is 6.61 Å². The van der Waals surface area contributed by atoms with Crippen molar-refractivity contribution in [1.29, 1.82) is 0 Å². The van der Waals surface area contributed by atoms with Gasteiger partial charge in [-0.3, -0.25) is 19.1 Å². The average molecular weight is 458 g/mol. The van der Waals surface area contributed by atoms with E-state index in [0.717, 1.165) is 27.7 Å². The number of fused-ring (bicyclic) bond motifs is 1. The van der Waals surface area contributed by atoms with E-state index in [0.29, 0.717) is 27.5 Å². The van der Waals surface area contributed by atoms with Crippen LogP contribution in [0.3, 0.4) is 0 Å². The van der Waals surface area contributed by atoms with Gasteiger partial charge in [-0.25, -0.2) is 4.79 Å². The van der Waals surface area contributed by atoms with Crippen LogP contribution in [0.1, 0.15) is 24.6 Å². The van der Waals surface area contributed by atoms with Crippen LogP contribution in [0, 0.1) is 6.92 Å². The van der Waals surface area contributed by atoms with E-state index in [1.54, 1.807) is 6.07 Å². The standard InChI is InChI=1S/C22H20ClN3O4S/c1-3-6-30-18-9-24-14(8-17(18)27)10-26-21(28)19-15(11-31-20(19)25-22(26)29)13-4-5-16(23)12(2)7-13/h4-5,7-9,11H,3,6,10H2,1-2H3,(H,24,27)(H,25,29). The van der Waals surface area contributed by atoms with Crippen molar-refractivity contribution in [3.05, 3.63) is 83.2 Å². The molecule has 0 bridgehead atoms. The number of pyridine rings is 1. The van der Waals surface area contributed by atoms with Crippen molar-refractivity contribution < 1.29 is 4.74 Å². The molecule has 3 heterocycles. The number of aromatic nitrogens is 3. The predicted molar refractivity (Wildman–Crippen MR) is 124 cm³/mol. The van der Waals surface area contributed by atoms with Crippen molar-refractivity contribution in [2.24, 2.45) is 0 Å². The lowest BCUT2D eigenvalue weighted by molar-refractivity contribution is 0.313. The third kappa shape index (κ3) is 4.08. The summed E-state index contributed by atoms with van der Waals surface area (Å²) in [6.07, 6.45) is 2.24. The summed E-state index contributed by atoms with van der Waals surface area (Å²) in [5.74, 6) is 0.209. The maximum Gasteiger partial charge on any atom is 0.329 e. The number of halogens is 1. The second-order valence-corrected chi connectivity index (χ2v) is 8.46. The molecule has 4 aromatic rings. The number of thiophene rings is 1. The highest BCUT2D eigenvalue weighted by Crippen LogP contribution is 2.32. The zero-order chi connectivity index (χ0) is 22.1. The molecule has 0 atom stereocenters. The fraction of sp³-hybridized carbons (Fsp3) is 0.227. The molecule has 0 spiro atoms. The van der Waals surface area contributed by atoms with E-state index >= 15 is 0 Å². The van der Waals surface area contributed by atoms with Crippen LogP contribution in [-0.4, -0.2) is 21.1 Å². The molecule has 0 saturated carbocycles. The quantitative estimate of drug-likeness (QED) is 0.458. The van der Waals surface area contributed by atoms with E-state index in [2.05, 4.69) is 9.97 Å². The summed E-state index contributed by atoms with van der Waals surface area (Å²) in [5, 5.41) is 2.91. The highest BCUT2D eigenvalue weighted by Gasteiger charge is 2.16. The van der Waals surface area contributed by atoms with Crippen molar-refractivity contribution in [3.8, 4) is 16.9 Å². The van der Waals surface area contributed by atoms with Crippen LogP contribution in [0.25, 0.3) is 21.3 Å². The molecule has 0 saturated heterocycles. The van der Waals surface area contributed by atoms with Gasteiger partial charge in [-0.2, -0.15) is 0 Å². The summed E-state index contributed by atoms with van der Waals surface area (Å²) < 4.78 is 6.46. The first kappa shape index (κ1) is 21.1. The van der Waals surface area contributed by atoms with Gasteiger partial charge in [0.05, 0.1) is 18.5 Å². The van der Waals surface area contributed by atoms with Gasteiger partial charge in [0.25, 0.3) is 5.56 Å². The molecule has 9 heteroatoms. The van der Waals surface area contributed by atoms with Gasteiger partial charge < -0.3 is 9.72 Å². The Balaban J connectivity index is 1.78. The molecular weight excluding hydrogens is 438 g/mol. The van der Waals surface area contributed by atoms with Gasteiger partial charge in [0.1, 0.15) is 4.83 Å². The van der Waals surface area contributed by atoms with Crippen molar-refractivity contribution in [3.63, 3.8) is 0 Å². The van der Waals surface area contributed by atoms with E-state index in [9.17, 15) is 14.4 Å². The summed E-state index contributed by atoms with van der Waals surface area (Å²) in [6.45, 7) is 4.21. The van der Waals surface area contributed by atoms with Gasteiger partial charge in [0.2, 0.25) is 5.43 Å². The summed E-state index contributed by atoms with van der Waals surface area (Å²) in [7, 11) is 0. The highest BCUT2D eigenvalue weighted by atomic mass is 35.5. The van der Waals surface area contributed by atoms with Crippen LogP contribution < -0.4 is 21.4 Å². The SMILES string of the molecule is CCCOc1c[nH]c(Cn2c(=O)[nH]c3scc(-c4ccc(Cl)c(C)c4)c3c2=O)cc1=O. The number of benzene rings is 1. The molecule has 2 N–H and O–H groups in total. The second-order valence-electron chi connectivity index (χ2n) is 7.17. The summed E-state index contributed by atoms with van der Waals surface area (Å²) in [5.41, 5.74) is 1.63.